The number of hydrogen-bond acceptors (Lipinski definition) is 4. The van der Waals surface area contributed by atoms with E-state index in [4.69, 9.17) is 15.7 Å². The number of carbonyl (C=O) groups is 1. The molecule has 0 fully saturated rings. The van der Waals surface area contributed by atoms with Crippen molar-refractivity contribution in [3.8, 4) is 5.69 Å². The lowest BCUT2D eigenvalue weighted by Gasteiger charge is -2.08. The van der Waals surface area contributed by atoms with E-state index < -0.39 is 0 Å². The van der Waals surface area contributed by atoms with E-state index in [9.17, 15) is 9.18 Å². The molecule has 0 aliphatic rings. The Hall–Kier alpha value is -4.26. The van der Waals surface area contributed by atoms with Crippen LogP contribution >= 0.6 is 0 Å². The maximum absolute atomic E-state index is 13.9. The highest BCUT2D eigenvalue weighted by molar-refractivity contribution is 6.11. The largest absolute Gasteiger partial charge is 0.384 e. The van der Waals surface area contributed by atoms with Crippen LogP contribution < -0.4 is 11.1 Å². The van der Waals surface area contributed by atoms with E-state index in [0.29, 0.717) is 34.2 Å². The SMILES string of the molecule is Nc1c(C(=O)NCCc2ccccc2F)c2nc3ccccc3nc2n1-c1ccccc1. The van der Waals surface area contributed by atoms with Crippen LogP contribution in [0.1, 0.15) is 15.9 Å². The van der Waals surface area contributed by atoms with E-state index >= 15 is 0 Å². The fourth-order valence-electron chi connectivity index (χ4n) is 3.82. The summed E-state index contributed by atoms with van der Waals surface area (Å²) in [5, 5.41) is 2.85. The summed E-state index contributed by atoms with van der Waals surface area (Å²) in [5.41, 5.74) is 10.4. The lowest BCUT2D eigenvalue weighted by molar-refractivity contribution is 0.0956. The van der Waals surface area contributed by atoms with Crippen molar-refractivity contribution >= 4 is 33.9 Å². The van der Waals surface area contributed by atoms with E-state index in [0.717, 1.165) is 5.69 Å². The maximum Gasteiger partial charge on any atom is 0.257 e. The smallest absolute Gasteiger partial charge is 0.257 e. The monoisotopic (exact) mass is 425 g/mol. The summed E-state index contributed by atoms with van der Waals surface area (Å²) in [4.78, 5) is 22.6. The molecule has 3 N–H and O–H groups in total. The molecular formula is C25H20FN5O. The lowest BCUT2D eigenvalue weighted by atomic mass is 10.1. The Balaban J connectivity index is 1.57. The number of hydrogen-bond donors (Lipinski definition) is 2. The minimum absolute atomic E-state index is 0.255. The van der Waals surface area contributed by atoms with Crippen molar-refractivity contribution in [3.63, 3.8) is 0 Å². The van der Waals surface area contributed by atoms with Crippen molar-refractivity contribution in [2.75, 3.05) is 12.3 Å². The van der Waals surface area contributed by atoms with E-state index in [2.05, 4.69) is 5.32 Å². The first kappa shape index (κ1) is 19.7. The van der Waals surface area contributed by atoms with Crippen LogP contribution in [0, 0.1) is 5.82 Å². The van der Waals surface area contributed by atoms with Gasteiger partial charge in [-0.25, -0.2) is 14.4 Å². The second-order valence-corrected chi connectivity index (χ2v) is 7.41. The van der Waals surface area contributed by atoms with Crippen LogP contribution in [-0.2, 0) is 6.42 Å². The number of nitrogens with two attached hydrogens (primary N) is 1. The van der Waals surface area contributed by atoms with Crippen molar-refractivity contribution < 1.29 is 9.18 Å². The van der Waals surface area contributed by atoms with Crippen molar-refractivity contribution in [2.45, 2.75) is 6.42 Å². The predicted octanol–water partition coefficient (Wildman–Crippen LogP) is 4.27. The Kier molecular flexibility index (Phi) is 4.99. The van der Waals surface area contributed by atoms with Crippen LogP contribution in [0.15, 0.2) is 78.9 Å². The standard InChI is InChI=1S/C25H20FN5O/c26-18-11-5-4-8-16(18)14-15-28-25(32)21-22-24(30-20-13-7-6-12-19(20)29-22)31(23(21)27)17-9-2-1-3-10-17/h1-13H,14-15,27H2,(H,28,32). The molecule has 3 aromatic carbocycles. The highest BCUT2D eigenvalue weighted by Gasteiger charge is 2.24. The van der Waals surface area contributed by atoms with Crippen molar-refractivity contribution in [2.24, 2.45) is 0 Å². The predicted molar refractivity (Wildman–Crippen MR) is 123 cm³/mol. The summed E-state index contributed by atoms with van der Waals surface area (Å²) in [6.45, 7) is 0.262. The quantitative estimate of drug-likeness (QED) is 0.440. The second-order valence-electron chi connectivity index (χ2n) is 7.41. The maximum atomic E-state index is 13.9. The van der Waals surface area contributed by atoms with Gasteiger partial charge < -0.3 is 11.1 Å². The van der Waals surface area contributed by atoms with Crippen molar-refractivity contribution in [3.05, 3.63) is 95.8 Å². The van der Waals surface area contributed by atoms with Crippen LogP contribution in [0.2, 0.25) is 0 Å². The Morgan fingerprint density at radius 1 is 0.906 bits per heavy atom. The summed E-state index contributed by atoms with van der Waals surface area (Å²) in [7, 11) is 0. The molecule has 0 unspecified atom stereocenters. The molecule has 0 bridgehead atoms. The number of amides is 1. The minimum Gasteiger partial charge on any atom is -0.384 e. The van der Waals surface area contributed by atoms with Gasteiger partial charge in [0.2, 0.25) is 0 Å². The zero-order valence-corrected chi connectivity index (χ0v) is 17.1. The number of nitrogens with zero attached hydrogens (tertiary/aromatic N) is 3. The number of halogens is 1. The number of para-hydroxylation sites is 3. The van der Waals surface area contributed by atoms with E-state index in [1.54, 1.807) is 22.8 Å². The zero-order valence-electron chi connectivity index (χ0n) is 17.1. The van der Waals surface area contributed by atoms with Gasteiger partial charge in [0, 0.05) is 12.2 Å². The van der Waals surface area contributed by atoms with Gasteiger partial charge in [0.05, 0.1) is 11.0 Å². The normalized spacial score (nSPS) is 11.2. The third-order valence-electron chi connectivity index (χ3n) is 5.38. The topological polar surface area (TPSA) is 85.8 Å². The lowest BCUT2D eigenvalue weighted by Crippen LogP contribution is -2.26. The number of anilines is 1. The van der Waals surface area contributed by atoms with E-state index in [1.807, 2.05) is 54.6 Å². The molecule has 5 aromatic rings. The van der Waals surface area contributed by atoms with Crippen LogP contribution in [0.5, 0.6) is 0 Å². The van der Waals surface area contributed by atoms with Gasteiger partial charge in [-0.3, -0.25) is 9.36 Å². The molecule has 0 saturated carbocycles. The molecule has 0 aliphatic heterocycles. The number of fused-ring (bicyclic) bond motifs is 2. The Labute approximate surface area is 183 Å². The molecule has 2 heterocycles. The molecule has 1 amide bonds. The summed E-state index contributed by atoms with van der Waals surface area (Å²) in [6, 6.07) is 23.5. The Morgan fingerprint density at radius 3 is 2.31 bits per heavy atom. The number of carbonyl (C=O) groups excluding carboxylic acids is 1. The van der Waals surface area contributed by atoms with Gasteiger partial charge in [-0.2, -0.15) is 0 Å². The minimum atomic E-state index is -0.372. The Bertz CT molecular complexity index is 1450. The molecule has 6 nitrogen and oxygen atoms in total. The summed E-state index contributed by atoms with van der Waals surface area (Å²) < 4.78 is 15.6. The van der Waals surface area contributed by atoms with Crippen molar-refractivity contribution in [1.29, 1.82) is 0 Å². The van der Waals surface area contributed by atoms with Crippen LogP contribution in [0.3, 0.4) is 0 Å². The van der Waals surface area contributed by atoms with E-state index in [-0.39, 0.29) is 29.7 Å². The van der Waals surface area contributed by atoms with Crippen LogP contribution in [-0.4, -0.2) is 27.0 Å². The molecule has 0 atom stereocenters. The fourth-order valence-corrected chi connectivity index (χ4v) is 3.82. The molecule has 158 valence electrons. The average molecular weight is 425 g/mol. The molecular weight excluding hydrogens is 405 g/mol. The average Bonchev–Trinajstić information content (AvgIpc) is 3.10. The van der Waals surface area contributed by atoms with Gasteiger partial charge in [-0.15, -0.1) is 0 Å². The summed E-state index contributed by atoms with van der Waals surface area (Å²) in [5.74, 6) is -0.410. The molecule has 0 spiro atoms. The Morgan fingerprint density at radius 2 is 1.56 bits per heavy atom. The molecule has 0 radical (unpaired) electrons. The molecule has 0 aliphatic carbocycles. The number of aromatic nitrogens is 3. The molecule has 0 saturated heterocycles. The second kappa shape index (κ2) is 8.11. The molecule has 5 rings (SSSR count). The van der Waals surface area contributed by atoms with Gasteiger partial charge in [0.25, 0.3) is 5.91 Å². The third-order valence-corrected chi connectivity index (χ3v) is 5.38. The fraction of sp³-hybridized carbons (Fsp3) is 0.0800. The number of benzene rings is 3. The first-order chi connectivity index (χ1) is 15.6. The van der Waals surface area contributed by atoms with Crippen molar-refractivity contribution in [1.82, 2.24) is 19.9 Å². The highest BCUT2D eigenvalue weighted by Crippen LogP contribution is 2.30. The van der Waals surface area contributed by atoms with Crippen LogP contribution in [0.25, 0.3) is 27.9 Å². The summed E-state index contributed by atoms with van der Waals surface area (Å²) in [6.07, 6.45) is 0.365. The first-order valence-corrected chi connectivity index (χ1v) is 10.3. The van der Waals surface area contributed by atoms with Gasteiger partial charge in [-0.05, 0) is 42.3 Å². The molecule has 2 aromatic heterocycles. The van der Waals surface area contributed by atoms with Gasteiger partial charge in [0.1, 0.15) is 22.7 Å². The highest BCUT2D eigenvalue weighted by atomic mass is 19.1. The van der Waals surface area contributed by atoms with Gasteiger partial charge in [-0.1, -0.05) is 48.5 Å². The van der Waals surface area contributed by atoms with Crippen LogP contribution in [0.4, 0.5) is 10.2 Å². The first-order valence-electron chi connectivity index (χ1n) is 10.3. The molecule has 32 heavy (non-hydrogen) atoms. The number of nitrogen functional groups attached to an aromatic ring is 1. The van der Waals surface area contributed by atoms with Gasteiger partial charge >= 0.3 is 0 Å². The number of nitrogens with one attached hydrogen (secondary N) is 1. The molecule has 7 heteroatoms. The number of rotatable bonds is 5. The summed E-state index contributed by atoms with van der Waals surface area (Å²) >= 11 is 0. The zero-order chi connectivity index (χ0) is 22.1. The van der Waals surface area contributed by atoms with Gasteiger partial charge in [0.15, 0.2) is 5.65 Å². The third kappa shape index (κ3) is 3.43. The van der Waals surface area contributed by atoms with E-state index in [1.165, 1.54) is 6.07 Å².